The molecule has 0 spiro atoms. The van der Waals surface area contributed by atoms with E-state index >= 15 is 0 Å². The monoisotopic (exact) mass is 242 g/mol. The second-order valence-corrected chi connectivity index (χ2v) is 3.47. The lowest BCUT2D eigenvalue weighted by Crippen LogP contribution is -2.30. The highest BCUT2D eigenvalue weighted by atomic mass is 16.5. The van der Waals surface area contributed by atoms with Crippen molar-refractivity contribution < 1.29 is 9.53 Å². The normalized spacial score (nSPS) is 8.88. The molecule has 0 heterocycles. The van der Waals surface area contributed by atoms with Crippen LogP contribution in [0.5, 0.6) is 0 Å². The average Bonchev–Trinajstić information content (AvgIpc) is 2.35. The minimum absolute atomic E-state index is 0.0528. The standard InChI is InChI=1S/C11H20N2O2.C2H6/c1-11(14)13(9-6-7-12)8-4-3-5-10-15-2;1-2/h3-6,8-10H2,1-2H3;1-2H3. The highest BCUT2D eigenvalue weighted by Gasteiger charge is 2.06. The summed E-state index contributed by atoms with van der Waals surface area (Å²) in [7, 11) is 1.69. The topological polar surface area (TPSA) is 53.3 Å². The minimum Gasteiger partial charge on any atom is -0.385 e. The quantitative estimate of drug-likeness (QED) is 0.615. The summed E-state index contributed by atoms with van der Waals surface area (Å²) in [5.41, 5.74) is 0. The van der Waals surface area contributed by atoms with Crippen molar-refractivity contribution in [2.45, 2.75) is 46.5 Å². The Kier molecular flexibility index (Phi) is 16.1. The molecular weight excluding hydrogens is 216 g/mol. The van der Waals surface area contributed by atoms with E-state index in [1.807, 2.05) is 19.9 Å². The Morgan fingerprint density at radius 2 is 1.88 bits per heavy atom. The van der Waals surface area contributed by atoms with Gasteiger partial charge in [-0.3, -0.25) is 4.79 Å². The van der Waals surface area contributed by atoms with Gasteiger partial charge in [-0.05, 0) is 19.3 Å². The van der Waals surface area contributed by atoms with E-state index in [2.05, 4.69) is 0 Å². The molecule has 0 rings (SSSR count). The van der Waals surface area contributed by atoms with E-state index in [1.165, 1.54) is 0 Å². The lowest BCUT2D eigenvalue weighted by molar-refractivity contribution is -0.128. The van der Waals surface area contributed by atoms with Crippen LogP contribution in [0.15, 0.2) is 0 Å². The first-order valence-electron chi connectivity index (χ1n) is 6.33. The molecule has 4 heteroatoms. The van der Waals surface area contributed by atoms with Crippen LogP contribution in [-0.4, -0.2) is 37.6 Å². The largest absolute Gasteiger partial charge is 0.385 e. The van der Waals surface area contributed by atoms with Gasteiger partial charge < -0.3 is 9.64 Å². The van der Waals surface area contributed by atoms with Crippen LogP contribution in [0.4, 0.5) is 0 Å². The zero-order valence-electron chi connectivity index (χ0n) is 11.7. The first kappa shape index (κ1) is 18.3. The van der Waals surface area contributed by atoms with E-state index in [-0.39, 0.29) is 5.91 Å². The Bertz CT molecular complexity index is 212. The van der Waals surface area contributed by atoms with Crippen molar-refractivity contribution >= 4 is 5.91 Å². The molecule has 0 aromatic rings. The van der Waals surface area contributed by atoms with Gasteiger partial charge in [-0.2, -0.15) is 5.26 Å². The van der Waals surface area contributed by atoms with Crippen LogP contribution in [0.1, 0.15) is 46.5 Å². The molecule has 0 aromatic heterocycles. The van der Waals surface area contributed by atoms with E-state index in [9.17, 15) is 4.79 Å². The summed E-state index contributed by atoms with van der Waals surface area (Å²) in [5.74, 6) is 0.0528. The van der Waals surface area contributed by atoms with E-state index in [0.717, 1.165) is 32.4 Å². The van der Waals surface area contributed by atoms with Crippen LogP contribution >= 0.6 is 0 Å². The smallest absolute Gasteiger partial charge is 0.219 e. The van der Waals surface area contributed by atoms with E-state index in [1.54, 1.807) is 18.9 Å². The number of unbranched alkanes of at least 4 members (excludes halogenated alkanes) is 2. The fourth-order valence-electron chi connectivity index (χ4n) is 1.34. The fourth-order valence-corrected chi connectivity index (χ4v) is 1.34. The Balaban J connectivity index is 0. The molecule has 0 aliphatic heterocycles. The minimum atomic E-state index is 0.0528. The Labute approximate surface area is 106 Å². The highest BCUT2D eigenvalue weighted by molar-refractivity contribution is 5.73. The maximum absolute atomic E-state index is 11.2. The maximum atomic E-state index is 11.2. The van der Waals surface area contributed by atoms with E-state index in [4.69, 9.17) is 10.00 Å². The Morgan fingerprint density at radius 3 is 2.35 bits per heavy atom. The zero-order valence-corrected chi connectivity index (χ0v) is 11.7. The van der Waals surface area contributed by atoms with Gasteiger partial charge in [0.2, 0.25) is 5.91 Å². The maximum Gasteiger partial charge on any atom is 0.219 e. The number of methoxy groups -OCH3 is 1. The Hall–Kier alpha value is -1.08. The third kappa shape index (κ3) is 12.9. The molecular formula is C13H26N2O2. The van der Waals surface area contributed by atoms with Crippen molar-refractivity contribution in [3.8, 4) is 6.07 Å². The summed E-state index contributed by atoms with van der Waals surface area (Å²) < 4.78 is 4.94. The summed E-state index contributed by atoms with van der Waals surface area (Å²) in [6.45, 7) is 7.63. The van der Waals surface area contributed by atoms with Crippen LogP contribution in [0, 0.1) is 11.3 Å². The predicted molar refractivity (Wildman–Crippen MR) is 69.6 cm³/mol. The van der Waals surface area contributed by atoms with Crippen molar-refractivity contribution in [1.29, 1.82) is 5.26 Å². The summed E-state index contributed by atoms with van der Waals surface area (Å²) in [6, 6.07) is 2.05. The molecule has 0 radical (unpaired) electrons. The Morgan fingerprint density at radius 1 is 1.24 bits per heavy atom. The van der Waals surface area contributed by atoms with Gasteiger partial charge in [0.1, 0.15) is 0 Å². The molecule has 0 bridgehead atoms. The van der Waals surface area contributed by atoms with Gasteiger partial charge in [0, 0.05) is 33.7 Å². The third-order valence-corrected chi connectivity index (χ3v) is 2.22. The van der Waals surface area contributed by atoms with Gasteiger partial charge >= 0.3 is 0 Å². The molecule has 17 heavy (non-hydrogen) atoms. The van der Waals surface area contributed by atoms with Crippen LogP contribution < -0.4 is 0 Å². The molecule has 0 saturated heterocycles. The first-order chi connectivity index (χ1) is 8.22. The van der Waals surface area contributed by atoms with Crippen LogP contribution in [-0.2, 0) is 9.53 Å². The molecule has 4 nitrogen and oxygen atoms in total. The molecule has 100 valence electrons. The summed E-state index contributed by atoms with van der Waals surface area (Å²) in [4.78, 5) is 12.9. The molecule has 0 aromatic carbocycles. The predicted octanol–water partition coefficient (Wildman–Crippen LogP) is 2.59. The second-order valence-electron chi connectivity index (χ2n) is 3.47. The van der Waals surface area contributed by atoms with Gasteiger partial charge in [0.25, 0.3) is 0 Å². The SMILES string of the molecule is CC.COCCCCCN(CCC#N)C(C)=O. The van der Waals surface area contributed by atoms with Gasteiger partial charge in [-0.1, -0.05) is 13.8 Å². The van der Waals surface area contributed by atoms with Crippen molar-refractivity contribution in [2.75, 3.05) is 26.8 Å². The highest BCUT2D eigenvalue weighted by Crippen LogP contribution is 2.00. The number of nitrogens with zero attached hydrogens (tertiary/aromatic N) is 2. The van der Waals surface area contributed by atoms with Gasteiger partial charge in [0.05, 0.1) is 12.5 Å². The fraction of sp³-hybridized carbons (Fsp3) is 0.846. The number of nitriles is 1. The molecule has 0 fully saturated rings. The van der Waals surface area contributed by atoms with Crippen molar-refractivity contribution in [1.82, 2.24) is 4.90 Å². The number of ether oxygens (including phenoxy) is 1. The third-order valence-electron chi connectivity index (χ3n) is 2.22. The van der Waals surface area contributed by atoms with Crippen molar-refractivity contribution in [2.24, 2.45) is 0 Å². The molecule has 0 unspecified atom stereocenters. The summed E-state index contributed by atoms with van der Waals surface area (Å²) in [6.07, 6.45) is 3.48. The van der Waals surface area contributed by atoms with Gasteiger partial charge in [-0.25, -0.2) is 0 Å². The van der Waals surface area contributed by atoms with Gasteiger partial charge in [0.15, 0.2) is 0 Å². The van der Waals surface area contributed by atoms with Crippen LogP contribution in [0.3, 0.4) is 0 Å². The molecule has 0 saturated carbocycles. The lowest BCUT2D eigenvalue weighted by Gasteiger charge is -2.19. The van der Waals surface area contributed by atoms with Gasteiger partial charge in [-0.15, -0.1) is 0 Å². The zero-order chi connectivity index (χ0) is 13.5. The number of hydrogen-bond acceptors (Lipinski definition) is 3. The molecule has 0 atom stereocenters. The molecule has 0 aliphatic rings. The van der Waals surface area contributed by atoms with Crippen LogP contribution in [0.2, 0.25) is 0 Å². The van der Waals surface area contributed by atoms with Crippen molar-refractivity contribution in [3.05, 3.63) is 0 Å². The van der Waals surface area contributed by atoms with E-state index in [0.29, 0.717) is 13.0 Å². The summed E-state index contributed by atoms with van der Waals surface area (Å²) in [5, 5.41) is 8.43. The number of amides is 1. The molecule has 0 aliphatic carbocycles. The number of hydrogen-bond donors (Lipinski definition) is 0. The summed E-state index contributed by atoms with van der Waals surface area (Å²) >= 11 is 0. The molecule has 0 N–H and O–H groups in total. The number of rotatable bonds is 8. The number of carbonyl (C=O) groups is 1. The first-order valence-corrected chi connectivity index (χ1v) is 6.33. The molecule has 1 amide bonds. The second kappa shape index (κ2) is 14.9. The number of carbonyl (C=O) groups excluding carboxylic acids is 1. The van der Waals surface area contributed by atoms with Crippen molar-refractivity contribution in [3.63, 3.8) is 0 Å². The average molecular weight is 242 g/mol. The lowest BCUT2D eigenvalue weighted by atomic mass is 10.2. The van der Waals surface area contributed by atoms with Crippen LogP contribution in [0.25, 0.3) is 0 Å². The van der Waals surface area contributed by atoms with E-state index < -0.39 is 0 Å².